The molecule has 4 aromatic rings. The van der Waals surface area contributed by atoms with Crippen molar-refractivity contribution in [1.82, 2.24) is 0 Å². The Balaban J connectivity index is 0.000000788. The van der Waals surface area contributed by atoms with Gasteiger partial charge in [-0.2, -0.15) is 0 Å². The first-order chi connectivity index (χ1) is 19.1. The monoisotopic (exact) mass is 658 g/mol. The van der Waals surface area contributed by atoms with Gasteiger partial charge in [-0.1, -0.05) is 55.0 Å². The van der Waals surface area contributed by atoms with E-state index in [1.54, 1.807) is 45.0 Å². The minimum Gasteiger partial charge on any atom is -0.870 e. The zero-order chi connectivity index (χ0) is 30.7. The molecule has 7 N–H and O–H groups in total. The van der Waals surface area contributed by atoms with Crippen LogP contribution in [0, 0.1) is 41.5 Å². The van der Waals surface area contributed by atoms with Gasteiger partial charge in [0.25, 0.3) is 0 Å². The van der Waals surface area contributed by atoms with E-state index in [4.69, 9.17) is 0 Å². The van der Waals surface area contributed by atoms with Crippen LogP contribution in [0.3, 0.4) is 0 Å². The van der Waals surface area contributed by atoms with Crippen molar-refractivity contribution in [2.24, 2.45) is 0 Å². The number of hydrogen-bond acceptors (Lipinski definition) is 7. The Morgan fingerprint density at radius 1 is 0.659 bits per heavy atom. The molecular weight excluding hydrogens is 611 g/mol. The molecule has 0 saturated heterocycles. The van der Waals surface area contributed by atoms with E-state index >= 15 is 0 Å². The Kier molecular flexibility index (Phi) is 16.1. The quantitative estimate of drug-likeness (QED) is 0.0975. The molecule has 0 aliphatic rings. The molecule has 0 fully saturated rings. The third-order valence-electron chi connectivity index (χ3n) is 7.06. The van der Waals surface area contributed by atoms with Gasteiger partial charge in [-0.25, -0.2) is 0 Å². The molecule has 0 aliphatic carbocycles. The van der Waals surface area contributed by atoms with Gasteiger partial charge in [-0.05, 0) is 82.9 Å². The Morgan fingerprint density at radius 3 is 1.61 bits per heavy atom. The van der Waals surface area contributed by atoms with E-state index in [0.29, 0.717) is 11.1 Å². The van der Waals surface area contributed by atoms with Gasteiger partial charge in [0.2, 0.25) is 12.4 Å². The van der Waals surface area contributed by atoms with Crippen LogP contribution >= 0.6 is 21.2 Å². The number of rotatable bonds is 6. The first-order valence-electron chi connectivity index (χ1n) is 13.1. The molecule has 2 heterocycles. The van der Waals surface area contributed by atoms with Crippen molar-refractivity contribution < 1.29 is 73.1 Å². The number of aromatic nitrogens is 2. The molecular formula is C32H47N2NaO7S2+2. The van der Waals surface area contributed by atoms with Crippen LogP contribution in [0.5, 0.6) is 0 Å². The van der Waals surface area contributed by atoms with Crippen molar-refractivity contribution in [1.29, 1.82) is 0 Å². The third kappa shape index (κ3) is 9.67. The van der Waals surface area contributed by atoms with Crippen LogP contribution in [-0.2, 0) is 5.75 Å². The van der Waals surface area contributed by atoms with E-state index in [0.717, 1.165) is 42.8 Å². The molecule has 9 nitrogen and oxygen atoms in total. The zero-order valence-corrected chi connectivity index (χ0v) is 29.7. The standard InChI is InChI=1S/C16H21NO3S.C15H19NO3S.CH4.Na.H2O/c1-11-7-8-12(2)15(10-11)14(4)21(19,20)16-13(3)6-5-9-17(16)18;1-11-6-7-12(2)14(9-11)10-20(18,19)15-13(3)5-4-8-16(15)17;;;/h5-10,14H,1-4H3,(H2-,18,19,20);4-9H,10H2,1-3H3,(H2-,17,18,19);1H4;;1H2/q;;;+1;/p+1. The molecule has 0 spiro atoms. The molecule has 12 heteroatoms. The number of aryl methyl sites for hydroxylation is 6. The normalized spacial score (nSPS) is 12.3. The maximum atomic E-state index is 10.7. The number of nitrogens with zero attached hydrogens (tertiary/aromatic N) is 2. The number of pyridine rings is 2. The van der Waals surface area contributed by atoms with Gasteiger partial charge in [0.15, 0.2) is 0 Å². The summed E-state index contributed by atoms with van der Waals surface area (Å²) in [6, 6.07) is 18.7. The molecule has 4 rings (SSSR count). The van der Waals surface area contributed by atoms with Crippen LogP contribution in [0.25, 0.3) is 0 Å². The van der Waals surface area contributed by atoms with Crippen molar-refractivity contribution in [3.8, 4) is 0 Å². The topological polar surface area (TPSA) is 159 Å². The van der Waals surface area contributed by atoms with Crippen LogP contribution in [0.1, 0.15) is 64.1 Å². The van der Waals surface area contributed by atoms with Gasteiger partial charge in [0, 0.05) is 32.7 Å². The average molecular weight is 659 g/mol. The first-order valence-corrected chi connectivity index (χ1v) is 16.5. The fourth-order valence-electron chi connectivity index (χ4n) is 4.74. The summed E-state index contributed by atoms with van der Waals surface area (Å²) in [7, 11) is -6.28. The van der Waals surface area contributed by atoms with Crippen molar-refractivity contribution in [3.63, 3.8) is 0 Å². The fourth-order valence-corrected chi connectivity index (χ4v) is 8.39. The van der Waals surface area contributed by atoms with Gasteiger partial charge in [-0.15, -0.1) is 21.2 Å². The maximum absolute atomic E-state index is 10.7. The number of hydrogen-bond donors (Lipinski definition) is 6. The minimum absolute atomic E-state index is 0. The van der Waals surface area contributed by atoms with E-state index < -0.39 is 26.4 Å². The van der Waals surface area contributed by atoms with Gasteiger partial charge < -0.3 is 5.48 Å². The van der Waals surface area contributed by atoms with Gasteiger partial charge >= 0.3 is 39.6 Å². The molecule has 1 unspecified atom stereocenters. The van der Waals surface area contributed by atoms with Crippen molar-refractivity contribution in [2.75, 3.05) is 0 Å². The van der Waals surface area contributed by atoms with Gasteiger partial charge in [-0.3, -0.25) is 28.6 Å². The Morgan fingerprint density at radius 2 is 1.11 bits per heavy atom. The smallest absolute Gasteiger partial charge is 0.870 e. The van der Waals surface area contributed by atoms with Crippen LogP contribution in [-0.4, -0.2) is 34.1 Å². The van der Waals surface area contributed by atoms with E-state index in [1.807, 2.05) is 64.1 Å². The summed E-state index contributed by atoms with van der Waals surface area (Å²) in [5.74, 6) is 0.103. The van der Waals surface area contributed by atoms with Crippen molar-refractivity contribution in [3.05, 3.63) is 118 Å². The van der Waals surface area contributed by atoms with Crippen LogP contribution in [0.4, 0.5) is 0 Å². The summed E-state index contributed by atoms with van der Waals surface area (Å²) < 4.78 is 44.0. The third-order valence-corrected chi connectivity index (χ3v) is 11.2. The second-order valence-electron chi connectivity index (χ2n) is 10.5. The Labute approximate surface area is 287 Å². The number of benzene rings is 2. The predicted molar refractivity (Wildman–Crippen MR) is 172 cm³/mol. The summed E-state index contributed by atoms with van der Waals surface area (Å²) in [5, 5.41) is 19.6. The average Bonchev–Trinajstić information content (AvgIpc) is 2.87. The van der Waals surface area contributed by atoms with Crippen LogP contribution < -0.4 is 39.0 Å². The summed E-state index contributed by atoms with van der Waals surface area (Å²) in [4.78, 5) is 0. The minimum atomic E-state index is -3.18. The second kappa shape index (κ2) is 17.0. The molecule has 0 amide bonds. The molecule has 0 saturated carbocycles. The Hall–Kier alpha value is -2.16. The summed E-state index contributed by atoms with van der Waals surface area (Å²) >= 11 is 0. The van der Waals surface area contributed by atoms with E-state index in [-0.39, 0.29) is 58.3 Å². The SMILES string of the molecule is C.Cc1ccc(C)c(C(C)S(O)(O)c2c(C)ccc[n+]2O)c1.Cc1ccc(C)c(CS(O)(O)c2c(C)ccc[n+]2O)c1.[Na+].[OH-]. The second-order valence-corrected chi connectivity index (χ2v) is 14.8. The van der Waals surface area contributed by atoms with E-state index in [2.05, 4.69) is 0 Å². The zero-order valence-electron chi connectivity index (χ0n) is 26.1. The van der Waals surface area contributed by atoms with Gasteiger partial charge in [0.05, 0.1) is 11.0 Å². The molecule has 0 aliphatic heterocycles. The van der Waals surface area contributed by atoms with E-state index in [1.165, 1.54) is 12.4 Å². The summed E-state index contributed by atoms with van der Waals surface area (Å²) in [5.41, 5.74) is 7.23. The van der Waals surface area contributed by atoms with E-state index in [9.17, 15) is 28.6 Å². The molecule has 0 bridgehead atoms. The first kappa shape index (κ1) is 41.8. The largest absolute Gasteiger partial charge is 1.00 e. The molecule has 0 radical (unpaired) electrons. The van der Waals surface area contributed by atoms with Crippen LogP contribution in [0.2, 0.25) is 0 Å². The van der Waals surface area contributed by atoms with Crippen molar-refractivity contribution in [2.45, 2.75) is 76.9 Å². The van der Waals surface area contributed by atoms with Crippen LogP contribution in [0.15, 0.2) is 83.1 Å². The predicted octanol–water partition coefficient (Wildman–Crippen LogP) is 4.92. The molecule has 44 heavy (non-hydrogen) atoms. The summed E-state index contributed by atoms with van der Waals surface area (Å²) in [6.07, 6.45) is 2.81. The molecule has 2 aromatic heterocycles. The molecule has 238 valence electrons. The maximum Gasteiger partial charge on any atom is 1.00 e. The summed E-state index contributed by atoms with van der Waals surface area (Å²) in [6.45, 7) is 13.1. The fraction of sp³-hybridized carbons (Fsp3) is 0.312. The Bertz CT molecular complexity index is 1510. The van der Waals surface area contributed by atoms with Gasteiger partial charge in [0.1, 0.15) is 0 Å². The molecule has 1 atom stereocenters. The van der Waals surface area contributed by atoms with Crippen molar-refractivity contribution >= 4 is 21.2 Å². The molecule has 2 aromatic carbocycles.